The van der Waals surface area contributed by atoms with Crippen LogP contribution in [0.15, 0.2) is 6.20 Å². The van der Waals surface area contributed by atoms with Gasteiger partial charge in [-0.25, -0.2) is 4.68 Å². The van der Waals surface area contributed by atoms with Crippen molar-refractivity contribution in [3.8, 4) is 0 Å². The monoisotopic (exact) mass is 212 g/mol. The zero-order valence-electron chi connectivity index (χ0n) is 10.1. The number of nitrogens with one attached hydrogen (secondary N) is 1. The van der Waals surface area contributed by atoms with Crippen molar-refractivity contribution in [2.24, 2.45) is 7.05 Å². The zero-order chi connectivity index (χ0) is 11.7. The lowest BCUT2D eigenvalue weighted by molar-refractivity contribution is 0.0421. The molecular formula is C10H20N4O. The molecule has 0 saturated heterocycles. The molecule has 1 unspecified atom stereocenters. The van der Waals surface area contributed by atoms with Crippen molar-refractivity contribution >= 4 is 0 Å². The molecule has 2 N–H and O–H groups in total. The molecule has 5 heteroatoms. The fourth-order valence-corrected chi connectivity index (χ4v) is 1.31. The molecule has 0 spiro atoms. The van der Waals surface area contributed by atoms with E-state index in [0.717, 1.165) is 0 Å². The van der Waals surface area contributed by atoms with E-state index in [2.05, 4.69) is 36.4 Å². The highest BCUT2D eigenvalue weighted by molar-refractivity contribution is 5.07. The van der Waals surface area contributed by atoms with Gasteiger partial charge in [0.2, 0.25) is 0 Å². The number of nitrogens with zero attached hydrogens (tertiary/aromatic N) is 3. The predicted molar refractivity (Wildman–Crippen MR) is 58.3 cm³/mol. The van der Waals surface area contributed by atoms with Crippen molar-refractivity contribution in [2.45, 2.75) is 38.8 Å². The Labute approximate surface area is 90.5 Å². The number of aliphatic hydroxyl groups is 1. The van der Waals surface area contributed by atoms with E-state index < -0.39 is 5.60 Å². The van der Waals surface area contributed by atoms with Crippen LogP contribution in [-0.2, 0) is 12.6 Å². The Kier molecular flexibility index (Phi) is 3.16. The van der Waals surface area contributed by atoms with Gasteiger partial charge in [0.1, 0.15) is 5.60 Å². The van der Waals surface area contributed by atoms with Crippen molar-refractivity contribution in [3.63, 3.8) is 0 Å². The van der Waals surface area contributed by atoms with Gasteiger partial charge in [-0.15, -0.1) is 5.10 Å². The maximum atomic E-state index is 10.3. The fourth-order valence-electron chi connectivity index (χ4n) is 1.31. The van der Waals surface area contributed by atoms with Crippen molar-refractivity contribution < 1.29 is 5.11 Å². The Bertz CT molecular complexity index is 324. The molecule has 0 bridgehead atoms. The summed E-state index contributed by atoms with van der Waals surface area (Å²) in [5.74, 6) is 0. The summed E-state index contributed by atoms with van der Waals surface area (Å²) in [4.78, 5) is 0. The van der Waals surface area contributed by atoms with Gasteiger partial charge in [0.25, 0.3) is 0 Å². The quantitative estimate of drug-likeness (QED) is 0.762. The topological polar surface area (TPSA) is 63.0 Å². The Morgan fingerprint density at radius 3 is 2.40 bits per heavy atom. The maximum absolute atomic E-state index is 10.3. The first-order chi connectivity index (χ1) is 6.72. The smallest absolute Gasteiger partial charge is 0.117 e. The summed E-state index contributed by atoms with van der Waals surface area (Å²) in [6.45, 7) is 8.40. The van der Waals surface area contributed by atoms with Crippen LogP contribution in [0.4, 0.5) is 0 Å². The van der Waals surface area contributed by atoms with Gasteiger partial charge in [-0.2, -0.15) is 0 Å². The van der Waals surface area contributed by atoms with E-state index in [9.17, 15) is 5.11 Å². The van der Waals surface area contributed by atoms with Crippen LogP contribution in [0.3, 0.4) is 0 Å². The van der Waals surface area contributed by atoms with Crippen LogP contribution in [0.5, 0.6) is 0 Å². The molecule has 0 amide bonds. The summed E-state index contributed by atoms with van der Waals surface area (Å²) in [6.07, 6.45) is 1.59. The Morgan fingerprint density at radius 2 is 2.00 bits per heavy atom. The molecule has 0 radical (unpaired) electrons. The van der Waals surface area contributed by atoms with Gasteiger partial charge in [-0.05, 0) is 27.7 Å². The number of aromatic nitrogens is 3. The first-order valence-electron chi connectivity index (χ1n) is 5.05. The van der Waals surface area contributed by atoms with Crippen molar-refractivity contribution in [1.82, 2.24) is 20.3 Å². The van der Waals surface area contributed by atoms with Crippen LogP contribution < -0.4 is 5.32 Å². The van der Waals surface area contributed by atoms with Crippen molar-refractivity contribution in [1.29, 1.82) is 0 Å². The molecule has 0 aliphatic rings. The lowest BCUT2D eigenvalue weighted by Crippen LogP contribution is -2.45. The molecule has 15 heavy (non-hydrogen) atoms. The minimum Gasteiger partial charge on any atom is -0.382 e. The molecule has 5 nitrogen and oxygen atoms in total. The third-order valence-electron chi connectivity index (χ3n) is 2.23. The van der Waals surface area contributed by atoms with Gasteiger partial charge in [0.15, 0.2) is 0 Å². The minimum absolute atomic E-state index is 0.0178. The summed E-state index contributed by atoms with van der Waals surface area (Å²) >= 11 is 0. The van der Waals surface area contributed by atoms with Crippen LogP contribution in [0, 0.1) is 0 Å². The van der Waals surface area contributed by atoms with Gasteiger partial charge < -0.3 is 10.4 Å². The maximum Gasteiger partial charge on any atom is 0.117 e. The van der Waals surface area contributed by atoms with Crippen LogP contribution in [-0.4, -0.2) is 32.2 Å². The highest BCUT2D eigenvalue weighted by atomic mass is 16.3. The number of hydrogen-bond donors (Lipinski definition) is 2. The fraction of sp³-hybridized carbons (Fsp3) is 0.800. The minimum atomic E-state index is -0.953. The number of hydrogen-bond acceptors (Lipinski definition) is 4. The number of β-amino-alcohol motifs (C(OH)–C–C–N with tert-alkyl or cyclic N) is 1. The van der Waals surface area contributed by atoms with E-state index in [4.69, 9.17) is 0 Å². The van der Waals surface area contributed by atoms with E-state index in [1.54, 1.807) is 24.9 Å². The Balaban J connectivity index is 2.72. The summed E-state index contributed by atoms with van der Waals surface area (Å²) in [7, 11) is 1.77. The molecule has 0 aromatic carbocycles. The highest BCUT2D eigenvalue weighted by Crippen LogP contribution is 2.18. The van der Waals surface area contributed by atoms with E-state index in [1.807, 2.05) is 0 Å². The first-order valence-corrected chi connectivity index (χ1v) is 5.05. The SMILES string of the molecule is Cn1nncc1C(C)(O)CNC(C)(C)C. The molecule has 1 rings (SSSR count). The molecule has 0 saturated carbocycles. The van der Waals surface area contributed by atoms with E-state index in [0.29, 0.717) is 12.2 Å². The third-order valence-corrected chi connectivity index (χ3v) is 2.23. The molecule has 0 fully saturated rings. The van der Waals surface area contributed by atoms with Crippen molar-refractivity contribution in [3.05, 3.63) is 11.9 Å². The molecule has 1 aromatic heterocycles. The van der Waals surface area contributed by atoms with Crippen LogP contribution in [0.2, 0.25) is 0 Å². The van der Waals surface area contributed by atoms with Crippen LogP contribution >= 0.6 is 0 Å². The normalized spacial score (nSPS) is 16.4. The lowest BCUT2D eigenvalue weighted by atomic mass is 10.0. The molecular weight excluding hydrogens is 192 g/mol. The zero-order valence-corrected chi connectivity index (χ0v) is 10.1. The molecule has 0 aliphatic carbocycles. The summed E-state index contributed by atoms with van der Waals surface area (Å²) in [5, 5.41) is 21.1. The average Bonchev–Trinajstić information content (AvgIpc) is 2.47. The van der Waals surface area contributed by atoms with Gasteiger partial charge >= 0.3 is 0 Å². The van der Waals surface area contributed by atoms with Gasteiger partial charge in [-0.3, -0.25) is 0 Å². The van der Waals surface area contributed by atoms with Crippen LogP contribution in [0.25, 0.3) is 0 Å². The van der Waals surface area contributed by atoms with Gasteiger partial charge in [0, 0.05) is 19.1 Å². The standard InChI is InChI=1S/C10H20N4O/c1-9(2,3)11-7-10(4,15)8-6-12-13-14(8)5/h6,11,15H,7H2,1-5H3. The number of rotatable bonds is 3. The van der Waals surface area contributed by atoms with Gasteiger partial charge in [-0.1, -0.05) is 5.21 Å². The average molecular weight is 212 g/mol. The Morgan fingerprint density at radius 1 is 1.40 bits per heavy atom. The molecule has 0 aliphatic heterocycles. The van der Waals surface area contributed by atoms with E-state index in [-0.39, 0.29) is 5.54 Å². The molecule has 1 atom stereocenters. The molecule has 86 valence electrons. The van der Waals surface area contributed by atoms with Gasteiger partial charge in [0.05, 0.1) is 11.9 Å². The number of aryl methyl sites for hydroxylation is 1. The largest absolute Gasteiger partial charge is 0.382 e. The van der Waals surface area contributed by atoms with Crippen LogP contribution in [0.1, 0.15) is 33.4 Å². The summed E-state index contributed by atoms with van der Waals surface area (Å²) in [6, 6.07) is 0. The van der Waals surface area contributed by atoms with E-state index in [1.165, 1.54) is 0 Å². The van der Waals surface area contributed by atoms with Crippen molar-refractivity contribution in [2.75, 3.05) is 6.54 Å². The predicted octanol–water partition coefficient (Wildman–Crippen LogP) is 0.411. The second-order valence-corrected chi connectivity index (χ2v) is 5.12. The Hall–Kier alpha value is -0.940. The lowest BCUT2D eigenvalue weighted by Gasteiger charge is -2.29. The second-order valence-electron chi connectivity index (χ2n) is 5.12. The second kappa shape index (κ2) is 3.90. The summed E-state index contributed by atoms with van der Waals surface area (Å²) < 4.78 is 1.59. The van der Waals surface area contributed by atoms with E-state index >= 15 is 0 Å². The highest BCUT2D eigenvalue weighted by Gasteiger charge is 2.28. The third kappa shape index (κ3) is 3.28. The molecule has 1 heterocycles. The first kappa shape index (κ1) is 12.1. The summed E-state index contributed by atoms with van der Waals surface area (Å²) in [5.41, 5.74) is -0.263. The molecule has 1 aromatic rings.